The minimum Gasteiger partial charge on any atom is -0.488 e. The van der Waals surface area contributed by atoms with Gasteiger partial charge in [-0.05, 0) is 18.2 Å². The van der Waals surface area contributed by atoms with Crippen LogP contribution in [0, 0.1) is 0 Å². The number of nitrogens with zero attached hydrogens (tertiary/aromatic N) is 1. The number of fused-ring (bicyclic) bond motifs is 1. The molecular formula is C17H14ClNO2. The van der Waals surface area contributed by atoms with Crippen LogP contribution in [0.15, 0.2) is 54.7 Å². The average molecular weight is 300 g/mol. The second-order valence-electron chi connectivity index (χ2n) is 4.66. The van der Waals surface area contributed by atoms with Crippen molar-refractivity contribution >= 4 is 22.5 Å². The summed E-state index contributed by atoms with van der Waals surface area (Å²) in [6, 6.07) is 15.1. The molecule has 0 atom stereocenters. The van der Waals surface area contributed by atoms with Gasteiger partial charge < -0.3 is 9.84 Å². The van der Waals surface area contributed by atoms with Crippen molar-refractivity contribution in [2.24, 2.45) is 0 Å². The highest BCUT2D eigenvalue weighted by molar-refractivity contribution is 6.32. The number of halogens is 1. The molecule has 3 nitrogen and oxygen atoms in total. The van der Waals surface area contributed by atoms with Crippen LogP contribution < -0.4 is 4.74 Å². The fourth-order valence-corrected chi connectivity index (χ4v) is 2.45. The topological polar surface area (TPSA) is 42.4 Å². The van der Waals surface area contributed by atoms with Crippen molar-refractivity contribution in [2.45, 2.75) is 13.2 Å². The minimum absolute atomic E-state index is 0.0578. The zero-order valence-corrected chi connectivity index (χ0v) is 12.0. The van der Waals surface area contributed by atoms with Gasteiger partial charge in [0.2, 0.25) is 0 Å². The Morgan fingerprint density at radius 3 is 2.76 bits per heavy atom. The first-order chi connectivity index (χ1) is 10.3. The van der Waals surface area contributed by atoms with Crippen LogP contribution in [-0.2, 0) is 13.2 Å². The van der Waals surface area contributed by atoms with Crippen molar-refractivity contribution in [2.75, 3.05) is 0 Å². The maximum Gasteiger partial charge on any atom is 0.125 e. The monoisotopic (exact) mass is 299 g/mol. The van der Waals surface area contributed by atoms with E-state index in [4.69, 9.17) is 16.3 Å². The molecule has 0 radical (unpaired) electrons. The molecule has 4 heteroatoms. The summed E-state index contributed by atoms with van der Waals surface area (Å²) < 4.78 is 5.82. The summed E-state index contributed by atoms with van der Waals surface area (Å²) in [6.45, 7) is 0.252. The first-order valence-corrected chi connectivity index (χ1v) is 7.01. The van der Waals surface area contributed by atoms with Crippen LogP contribution in [0.1, 0.15) is 11.1 Å². The van der Waals surface area contributed by atoms with Crippen LogP contribution in [0.25, 0.3) is 10.9 Å². The molecule has 0 saturated carbocycles. The highest BCUT2D eigenvalue weighted by Crippen LogP contribution is 2.27. The molecule has 1 aromatic heterocycles. The summed E-state index contributed by atoms with van der Waals surface area (Å²) in [6.07, 6.45) is 1.74. The van der Waals surface area contributed by atoms with Gasteiger partial charge in [-0.25, -0.2) is 0 Å². The van der Waals surface area contributed by atoms with E-state index in [1.807, 2.05) is 48.5 Å². The fourth-order valence-electron chi connectivity index (χ4n) is 2.24. The summed E-state index contributed by atoms with van der Waals surface area (Å²) in [4.78, 5) is 4.38. The largest absolute Gasteiger partial charge is 0.488 e. The summed E-state index contributed by atoms with van der Waals surface area (Å²) in [5, 5.41) is 11.0. The molecule has 3 rings (SSSR count). The molecule has 0 aliphatic heterocycles. The second-order valence-corrected chi connectivity index (χ2v) is 5.06. The first-order valence-electron chi connectivity index (χ1n) is 6.63. The minimum atomic E-state index is -0.0578. The third-order valence-corrected chi connectivity index (χ3v) is 3.69. The first kappa shape index (κ1) is 13.9. The van der Waals surface area contributed by atoms with Gasteiger partial charge in [-0.3, -0.25) is 4.98 Å². The molecule has 106 valence electrons. The van der Waals surface area contributed by atoms with Crippen LogP contribution in [0.3, 0.4) is 0 Å². The van der Waals surface area contributed by atoms with E-state index in [2.05, 4.69) is 4.98 Å². The summed E-state index contributed by atoms with van der Waals surface area (Å²) in [7, 11) is 0. The lowest BCUT2D eigenvalue weighted by atomic mass is 10.1. The average Bonchev–Trinajstić information content (AvgIpc) is 2.54. The molecule has 0 unspecified atom stereocenters. The third kappa shape index (κ3) is 2.84. The molecule has 0 aliphatic rings. The highest BCUT2D eigenvalue weighted by Gasteiger charge is 2.09. The molecule has 0 amide bonds. The lowest BCUT2D eigenvalue weighted by Crippen LogP contribution is -2.01. The number of benzene rings is 2. The lowest BCUT2D eigenvalue weighted by molar-refractivity contribution is 0.259. The Labute approximate surface area is 127 Å². The van der Waals surface area contributed by atoms with Gasteiger partial charge in [0.25, 0.3) is 0 Å². The van der Waals surface area contributed by atoms with Gasteiger partial charge in [0.1, 0.15) is 12.4 Å². The number of para-hydroxylation sites is 1. The predicted molar refractivity (Wildman–Crippen MR) is 83.4 cm³/mol. The smallest absolute Gasteiger partial charge is 0.125 e. The fraction of sp³-hybridized carbons (Fsp3) is 0.118. The van der Waals surface area contributed by atoms with E-state index < -0.39 is 0 Å². The Kier molecular flexibility index (Phi) is 4.04. The van der Waals surface area contributed by atoms with E-state index >= 15 is 0 Å². The Morgan fingerprint density at radius 2 is 1.90 bits per heavy atom. The normalized spacial score (nSPS) is 10.8. The van der Waals surface area contributed by atoms with Crippen LogP contribution in [0.5, 0.6) is 5.75 Å². The molecule has 21 heavy (non-hydrogen) atoms. The van der Waals surface area contributed by atoms with Crippen LogP contribution in [0.2, 0.25) is 5.02 Å². The SMILES string of the molecule is OCc1ccccc1OCc1c(Cl)ccc2cccnc12. The Hall–Kier alpha value is -2.10. The molecule has 0 aliphatic carbocycles. The zero-order chi connectivity index (χ0) is 14.7. The predicted octanol–water partition coefficient (Wildman–Crippen LogP) is 3.96. The molecule has 1 heterocycles. The number of aromatic nitrogens is 1. The van der Waals surface area contributed by atoms with Gasteiger partial charge in [-0.1, -0.05) is 41.9 Å². The number of pyridine rings is 1. The van der Waals surface area contributed by atoms with E-state index in [1.165, 1.54) is 0 Å². The number of hydrogen-bond donors (Lipinski definition) is 1. The van der Waals surface area contributed by atoms with E-state index in [9.17, 15) is 5.11 Å². The number of aliphatic hydroxyl groups is 1. The summed E-state index contributed by atoms with van der Waals surface area (Å²) in [5.74, 6) is 0.656. The quantitative estimate of drug-likeness (QED) is 0.793. The maximum atomic E-state index is 9.32. The van der Waals surface area contributed by atoms with E-state index in [1.54, 1.807) is 6.20 Å². The Bertz CT molecular complexity index is 774. The van der Waals surface area contributed by atoms with Gasteiger partial charge >= 0.3 is 0 Å². The zero-order valence-electron chi connectivity index (χ0n) is 11.3. The molecule has 0 bridgehead atoms. The number of hydrogen-bond acceptors (Lipinski definition) is 3. The number of ether oxygens (including phenoxy) is 1. The van der Waals surface area contributed by atoms with Crippen molar-refractivity contribution in [3.8, 4) is 5.75 Å². The molecular weight excluding hydrogens is 286 g/mol. The van der Waals surface area contributed by atoms with Crippen LogP contribution >= 0.6 is 11.6 Å². The standard InChI is InChI=1S/C17H14ClNO2/c18-15-8-7-12-5-3-9-19-17(12)14(15)11-21-16-6-2-1-4-13(16)10-20/h1-9,20H,10-11H2. The van der Waals surface area contributed by atoms with Crippen molar-refractivity contribution in [3.05, 3.63) is 70.9 Å². The van der Waals surface area contributed by atoms with Gasteiger partial charge in [0.05, 0.1) is 12.1 Å². The second kappa shape index (κ2) is 6.12. The van der Waals surface area contributed by atoms with Crippen molar-refractivity contribution in [1.82, 2.24) is 4.98 Å². The van der Waals surface area contributed by atoms with Gasteiger partial charge in [0.15, 0.2) is 0 Å². The third-order valence-electron chi connectivity index (χ3n) is 3.34. The number of rotatable bonds is 4. The maximum absolute atomic E-state index is 9.32. The van der Waals surface area contributed by atoms with Crippen molar-refractivity contribution < 1.29 is 9.84 Å². The number of aliphatic hydroxyl groups excluding tert-OH is 1. The summed E-state index contributed by atoms with van der Waals surface area (Å²) >= 11 is 6.27. The highest BCUT2D eigenvalue weighted by atomic mass is 35.5. The van der Waals surface area contributed by atoms with Crippen LogP contribution in [0.4, 0.5) is 0 Å². The van der Waals surface area contributed by atoms with Gasteiger partial charge in [-0.15, -0.1) is 0 Å². The Morgan fingerprint density at radius 1 is 1.05 bits per heavy atom. The molecule has 3 aromatic rings. The van der Waals surface area contributed by atoms with Gasteiger partial charge in [0, 0.05) is 27.7 Å². The molecule has 2 aromatic carbocycles. The van der Waals surface area contributed by atoms with Gasteiger partial charge in [-0.2, -0.15) is 0 Å². The van der Waals surface area contributed by atoms with Crippen molar-refractivity contribution in [3.63, 3.8) is 0 Å². The molecule has 0 fully saturated rings. The van der Waals surface area contributed by atoms with E-state index in [-0.39, 0.29) is 6.61 Å². The van der Waals surface area contributed by atoms with Crippen LogP contribution in [-0.4, -0.2) is 10.1 Å². The molecule has 0 saturated heterocycles. The van der Waals surface area contributed by atoms with E-state index in [0.29, 0.717) is 17.4 Å². The summed E-state index contributed by atoms with van der Waals surface area (Å²) in [5.41, 5.74) is 2.44. The molecule has 0 spiro atoms. The lowest BCUT2D eigenvalue weighted by Gasteiger charge is -2.12. The molecule has 1 N–H and O–H groups in total. The Balaban J connectivity index is 1.93. The van der Waals surface area contributed by atoms with E-state index in [0.717, 1.165) is 22.0 Å². The van der Waals surface area contributed by atoms with Crippen molar-refractivity contribution in [1.29, 1.82) is 0 Å².